The standard InChI is InChI=1S/C26H38O4S/c1-25(2,3)19-7-11-23(12-8-19)29-15-21(27)17-31-18-22(28)16-30-24-13-9-20(10-14-24)26(4,5)6/h7-14,21-22,27-28H,15-18H2,1-6H3. The number of hydrogen-bond donors (Lipinski definition) is 2. The predicted molar refractivity (Wildman–Crippen MR) is 131 cm³/mol. The van der Waals surface area contributed by atoms with Crippen molar-refractivity contribution in [3.8, 4) is 11.5 Å². The lowest BCUT2D eigenvalue weighted by atomic mass is 9.87. The molecular formula is C26H38O4S. The molecule has 5 heteroatoms. The van der Waals surface area contributed by atoms with E-state index in [2.05, 4.69) is 65.8 Å². The Kier molecular flexibility index (Phi) is 9.28. The van der Waals surface area contributed by atoms with Crippen LogP contribution in [-0.4, -0.2) is 47.1 Å². The molecule has 0 aliphatic heterocycles. The molecule has 4 nitrogen and oxygen atoms in total. The number of ether oxygens (including phenoxy) is 2. The van der Waals surface area contributed by atoms with Crippen molar-refractivity contribution in [2.75, 3.05) is 24.7 Å². The Morgan fingerprint density at radius 1 is 0.645 bits per heavy atom. The molecule has 2 aromatic rings. The summed E-state index contributed by atoms with van der Waals surface area (Å²) in [6.07, 6.45) is -1.18. The van der Waals surface area contributed by atoms with E-state index in [0.717, 1.165) is 11.5 Å². The zero-order valence-corrected chi connectivity index (χ0v) is 20.5. The van der Waals surface area contributed by atoms with Gasteiger partial charge in [-0.1, -0.05) is 65.8 Å². The summed E-state index contributed by atoms with van der Waals surface area (Å²) in [7, 11) is 0. The fourth-order valence-electron chi connectivity index (χ4n) is 2.92. The predicted octanol–water partition coefficient (Wildman–Crippen LogP) is 5.19. The van der Waals surface area contributed by atoms with Gasteiger partial charge in [0.25, 0.3) is 0 Å². The van der Waals surface area contributed by atoms with Crippen molar-refractivity contribution >= 4 is 11.8 Å². The van der Waals surface area contributed by atoms with E-state index in [1.54, 1.807) is 0 Å². The number of rotatable bonds is 10. The number of hydrogen-bond acceptors (Lipinski definition) is 5. The zero-order valence-electron chi connectivity index (χ0n) is 19.7. The normalized spacial score (nSPS) is 14.2. The highest BCUT2D eigenvalue weighted by Crippen LogP contribution is 2.25. The molecule has 172 valence electrons. The van der Waals surface area contributed by atoms with Gasteiger partial charge in [-0.2, -0.15) is 11.8 Å². The first-order valence-electron chi connectivity index (χ1n) is 10.9. The van der Waals surface area contributed by atoms with Gasteiger partial charge in [0.2, 0.25) is 0 Å². The molecule has 0 saturated carbocycles. The summed E-state index contributed by atoms with van der Waals surface area (Å²) >= 11 is 1.49. The third-order valence-electron chi connectivity index (χ3n) is 4.95. The van der Waals surface area contributed by atoms with Gasteiger partial charge in [-0.15, -0.1) is 0 Å². The molecule has 0 aromatic heterocycles. The molecule has 0 aliphatic rings. The Morgan fingerprint density at radius 2 is 0.968 bits per heavy atom. The summed E-state index contributed by atoms with van der Waals surface area (Å²) in [5.74, 6) is 2.50. The summed E-state index contributed by atoms with van der Waals surface area (Å²) in [5, 5.41) is 20.3. The zero-order chi connectivity index (χ0) is 23.1. The molecule has 31 heavy (non-hydrogen) atoms. The summed E-state index contributed by atoms with van der Waals surface area (Å²) < 4.78 is 11.4. The molecule has 2 atom stereocenters. The largest absolute Gasteiger partial charge is 0.491 e. The van der Waals surface area contributed by atoms with Crippen LogP contribution in [0.5, 0.6) is 11.5 Å². The van der Waals surface area contributed by atoms with Crippen LogP contribution in [0.15, 0.2) is 48.5 Å². The van der Waals surface area contributed by atoms with Crippen LogP contribution in [0.1, 0.15) is 52.7 Å². The van der Waals surface area contributed by atoms with Gasteiger partial charge >= 0.3 is 0 Å². The highest BCUT2D eigenvalue weighted by molar-refractivity contribution is 7.99. The monoisotopic (exact) mass is 446 g/mol. The Hall–Kier alpha value is -1.69. The number of benzene rings is 2. The van der Waals surface area contributed by atoms with E-state index in [1.807, 2.05) is 24.3 Å². The van der Waals surface area contributed by atoms with Crippen molar-refractivity contribution in [3.63, 3.8) is 0 Å². The molecule has 2 N–H and O–H groups in total. The van der Waals surface area contributed by atoms with E-state index >= 15 is 0 Å². The van der Waals surface area contributed by atoms with Crippen LogP contribution in [0, 0.1) is 0 Å². The molecule has 0 aliphatic carbocycles. The van der Waals surface area contributed by atoms with Crippen LogP contribution in [0.3, 0.4) is 0 Å². The van der Waals surface area contributed by atoms with E-state index in [1.165, 1.54) is 22.9 Å². The van der Waals surface area contributed by atoms with E-state index in [4.69, 9.17) is 9.47 Å². The molecular weight excluding hydrogens is 408 g/mol. The molecule has 0 fully saturated rings. The van der Waals surface area contributed by atoms with Crippen molar-refractivity contribution in [3.05, 3.63) is 59.7 Å². The summed E-state index contributed by atoms with van der Waals surface area (Å²) in [6.45, 7) is 13.5. The average molecular weight is 447 g/mol. The Labute approximate surface area is 192 Å². The summed E-state index contributed by atoms with van der Waals surface area (Å²) in [5.41, 5.74) is 2.71. The van der Waals surface area contributed by atoms with Crippen molar-refractivity contribution in [1.29, 1.82) is 0 Å². The Bertz CT molecular complexity index is 706. The second-order valence-electron chi connectivity index (χ2n) is 10.0. The first kappa shape index (κ1) is 25.6. The number of thioether (sulfide) groups is 1. The minimum absolute atomic E-state index is 0.106. The van der Waals surface area contributed by atoms with Crippen molar-refractivity contribution in [2.24, 2.45) is 0 Å². The SMILES string of the molecule is CC(C)(C)c1ccc(OCC(O)CSCC(O)COc2ccc(C(C)(C)C)cc2)cc1. The fourth-order valence-corrected chi connectivity index (χ4v) is 3.80. The van der Waals surface area contributed by atoms with Crippen LogP contribution in [0.2, 0.25) is 0 Å². The first-order chi connectivity index (χ1) is 14.4. The molecule has 2 rings (SSSR count). The van der Waals surface area contributed by atoms with Crippen LogP contribution in [0.4, 0.5) is 0 Å². The van der Waals surface area contributed by atoms with Gasteiger partial charge in [0.1, 0.15) is 24.7 Å². The van der Waals surface area contributed by atoms with E-state index < -0.39 is 12.2 Å². The second-order valence-corrected chi connectivity index (χ2v) is 11.1. The summed E-state index contributed by atoms with van der Waals surface area (Å²) in [4.78, 5) is 0. The highest BCUT2D eigenvalue weighted by Gasteiger charge is 2.15. The van der Waals surface area contributed by atoms with Crippen molar-refractivity contribution in [1.82, 2.24) is 0 Å². The van der Waals surface area contributed by atoms with Crippen LogP contribution < -0.4 is 9.47 Å². The maximum Gasteiger partial charge on any atom is 0.119 e. The van der Waals surface area contributed by atoms with Crippen molar-refractivity contribution in [2.45, 2.75) is 64.6 Å². The van der Waals surface area contributed by atoms with Crippen LogP contribution in [-0.2, 0) is 10.8 Å². The van der Waals surface area contributed by atoms with Gasteiger partial charge in [-0.05, 0) is 46.2 Å². The Balaban J connectivity index is 1.63. The van der Waals surface area contributed by atoms with Crippen molar-refractivity contribution < 1.29 is 19.7 Å². The summed E-state index contributed by atoms with van der Waals surface area (Å²) in [6, 6.07) is 16.0. The molecule has 0 amide bonds. The van der Waals surface area contributed by atoms with Gasteiger partial charge in [0.15, 0.2) is 0 Å². The lowest BCUT2D eigenvalue weighted by Gasteiger charge is -2.20. The van der Waals surface area contributed by atoms with Crippen LogP contribution in [0.25, 0.3) is 0 Å². The van der Waals surface area contributed by atoms with E-state index in [9.17, 15) is 10.2 Å². The molecule has 2 unspecified atom stereocenters. The molecule has 2 aromatic carbocycles. The van der Waals surface area contributed by atoms with E-state index in [-0.39, 0.29) is 24.0 Å². The smallest absolute Gasteiger partial charge is 0.119 e. The molecule has 0 radical (unpaired) electrons. The quantitative estimate of drug-likeness (QED) is 0.526. The number of aliphatic hydroxyl groups excluding tert-OH is 2. The van der Waals surface area contributed by atoms with Gasteiger partial charge in [-0.3, -0.25) is 0 Å². The van der Waals surface area contributed by atoms with Gasteiger partial charge in [-0.25, -0.2) is 0 Å². The number of aliphatic hydroxyl groups is 2. The topological polar surface area (TPSA) is 58.9 Å². The highest BCUT2D eigenvalue weighted by atomic mass is 32.2. The van der Waals surface area contributed by atoms with Gasteiger partial charge in [0, 0.05) is 11.5 Å². The lowest BCUT2D eigenvalue weighted by molar-refractivity contribution is 0.122. The minimum atomic E-state index is -0.592. The van der Waals surface area contributed by atoms with Crippen LogP contribution >= 0.6 is 11.8 Å². The maximum atomic E-state index is 10.1. The van der Waals surface area contributed by atoms with Gasteiger partial charge < -0.3 is 19.7 Å². The molecule has 0 spiro atoms. The molecule has 0 bridgehead atoms. The molecule has 0 heterocycles. The fraction of sp³-hybridized carbons (Fsp3) is 0.538. The van der Waals surface area contributed by atoms with Gasteiger partial charge in [0.05, 0.1) is 12.2 Å². The average Bonchev–Trinajstić information content (AvgIpc) is 2.70. The lowest BCUT2D eigenvalue weighted by Crippen LogP contribution is -2.24. The minimum Gasteiger partial charge on any atom is -0.491 e. The third-order valence-corrected chi connectivity index (χ3v) is 6.19. The maximum absolute atomic E-state index is 10.1. The van der Waals surface area contributed by atoms with E-state index in [0.29, 0.717) is 11.5 Å². The second kappa shape index (κ2) is 11.3. The Morgan fingerprint density at radius 3 is 1.26 bits per heavy atom. The first-order valence-corrected chi connectivity index (χ1v) is 12.0. The third kappa shape index (κ3) is 9.14. The molecule has 0 saturated heterocycles.